The van der Waals surface area contributed by atoms with Crippen LogP contribution < -0.4 is 4.90 Å². The zero-order chi connectivity index (χ0) is 13.5. The summed E-state index contributed by atoms with van der Waals surface area (Å²) in [5.41, 5.74) is 1.36. The van der Waals surface area contributed by atoms with E-state index < -0.39 is 0 Å². The monoisotopic (exact) mass is 278 g/mol. The Labute approximate surface area is 123 Å². The maximum Gasteiger partial charge on any atom is 0.0367 e. The lowest BCUT2D eigenvalue weighted by atomic mass is 10.0. The number of rotatable bonds is 6. The van der Waals surface area contributed by atoms with Crippen LogP contribution in [-0.4, -0.2) is 43.4 Å². The Morgan fingerprint density at radius 1 is 1.11 bits per heavy atom. The highest BCUT2D eigenvalue weighted by molar-refractivity contribution is 7.80. The largest absolute Gasteiger partial charge is 0.369 e. The van der Waals surface area contributed by atoms with E-state index in [4.69, 9.17) is 0 Å². The Hall–Kier alpha value is -0.670. The molecule has 0 saturated carbocycles. The number of hydrogen-bond acceptors (Lipinski definition) is 3. The van der Waals surface area contributed by atoms with E-state index in [1.807, 2.05) is 0 Å². The maximum atomic E-state index is 4.49. The van der Waals surface area contributed by atoms with Crippen LogP contribution >= 0.6 is 12.6 Å². The van der Waals surface area contributed by atoms with Crippen LogP contribution in [0.4, 0.5) is 5.69 Å². The third-order valence-electron chi connectivity index (χ3n) is 3.97. The zero-order valence-electron chi connectivity index (χ0n) is 12.0. The normalized spacial score (nSPS) is 18.5. The van der Waals surface area contributed by atoms with Crippen molar-refractivity contribution >= 4 is 18.3 Å². The van der Waals surface area contributed by atoms with Gasteiger partial charge in [-0.25, -0.2) is 0 Å². The minimum Gasteiger partial charge on any atom is -0.369 e. The highest BCUT2D eigenvalue weighted by Gasteiger charge is 2.19. The van der Waals surface area contributed by atoms with Gasteiger partial charge in [-0.05, 0) is 30.2 Å². The van der Waals surface area contributed by atoms with Gasteiger partial charge in [0.05, 0.1) is 0 Å². The standard InChI is InChI=1S/C16H26N2S/c1-2-6-15(14-19)13-17-9-11-18(12-10-17)16-7-4-3-5-8-16/h3-5,7-8,15,19H,2,6,9-14H2,1H3. The van der Waals surface area contributed by atoms with Crippen LogP contribution in [0.2, 0.25) is 0 Å². The number of para-hydroxylation sites is 1. The smallest absolute Gasteiger partial charge is 0.0367 e. The van der Waals surface area contributed by atoms with Crippen molar-refractivity contribution in [3.05, 3.63) is 30.3 Å². The van der Waals surface area contributed by atoms with Crippen LogP contribution in [-0.2, 0) is 0 Å². The van der Waals surface area contributed by atoms with Gasteiger partial charge in [0.1, 0.15) is 0 Å². The molecule has 0 N–H and O–H groups in total. The van der Waals surface area contributed by atoms with Gasteiger partial charge < -0.3 is 4.90 Å². The molecule has 1 unspecified atom stereocenters. The van der Waals surface area contributed by atoms with Crippen molar-refractivity contribution in [2.75, 3.05) is 43.4 Å². The number of hydrogen-bond donors (Lipinski definition) is 1. The molecule has 2 nitrogen and oxygen atoms in total. The molecule has 1 heterocycles. The van der Waals surface area contributed by atoms with Crippen molar-refractivity contribution in [2.24, 2.45) is 5.92 Å². The molecule has 1 atom stereocenters. The van der Waals surface area contributed by atoms with Gasteiger partial charge in [0.2, 0.25) is 0 Å². The summed E-state index contributed by atoms with van der Waals surface area (Å²) in [7, 11) is 0. The summed E-state index contributed by atoms with van der Waals surface area (Å²) in [5.74, 6) is 1.78. The van der Waals surface area contributed by atoms with Crippen LogP contribution in [0.15, 0.2) is 30.3 Å². The van der Waals surface area contributed by atoms with E-state index in [-0.39, 0.29) is 0 Å². The highest BCUT2D eigenvalue weighted by Crippen LogP contribution is 2.17. The predicted molar refractivity (Wildman–Crippen MR) is 87.3 cm³/mol. The molecule has 1 aliphatic heterocycles. The van der Waals surface area contributed by atoms with Gasteiger partial charge in [0.25, 0.3) is 0 Å². The van der Waals surface area contributed by atoms with Crippen molar-refractivity contribution in [3.63, 3.8) is 0 Å². The molecular weight excluding hydrogens is 252 g/mol. The van der Waals surface area contributed by atoms with Crippen LogP contribution in [0.5, 0.6) is 0 Å². The van der Waals surface area contributed by atoms with Gasteiger partial charge in [-0.15, -0.1) is 0 Å². The first-order chi connectivity index (χ1) is 9.33. The van der Waals surface area contributed by atoms with Gasteiger partial charge >= 0.3 is 0 Å². The summed E-state index contributed by atoms with van der Waals surface area (Å²) < 4.78 is 0. The molecule has 0 aromatic heterocycles. The minimum absolute atomic E-state index is 0.761. The lowest BCUT2D eigenvalue weighted by molar-refractivity contribution is 0.221. The minimum atomic E-state index is 0.761. The molecule has 19 heavy (non-hydrogen) atoms. The number of thiol groups is 1. The Kier molecular flexibility index (Phi) is 6.05. The Morgan fingerprint density at radius 3 is 2.37 bits per heavy atom. The second-order valence-corrected chi connectivity index (χ2v) is 5.83. The molecule has 0 amide bonds. The van der Waals surface area contributed by atoms with Crippen LogP contribution in [0.3, 0.4) is 0 Å². The highest BCUT2D eigenvalue weighted by atomic mass is 32.1. The van der Waals surface area contributed by atoms with E-state index in [9.17, 15) is 0 Å². The Morgan fingerprint density at radius 2 is 1.79 bits per heavy atom. The van der Waals surface area contributed by atoms with E-state index in [0.29, 0.717) is 0 Å². The number of benzene rings is 1. The van der Waals surface area contributed by atoms with Crippen LogP contribution in [0.1, 0.15) is 19.8 Å². The molecule has 3 heteroatoms. The average Bonchev–Trinajstić information content (AvgIpc) is 2.48. The first-order valence-electron chi connectivity index (χ1n) is 7.46. The van der Waals surface area contributed by atoms with E-state index >= 15 is 0 Å². The van der Waals surface area contributed by atoms with Crippen molar-refractivity contribution in [1.29, 1.82) is 0 Å². The molecule has 1 saturated heterocycles. The quantitative estimate of drug-likeness (QED) is 0.799. The predicted octanol–water partition coefficient (Wildman–Crippen LogP) is 3.15. The molecular formula is C16H26N2S. The van der Waals surface area contributed by atoms with E-state index in [1.165, 1.54) is 38.2 Å². The summed E-state index contributed by atoms with van der Waals surface area (Å²) in [5, 5.41) is 0. The lowest BCUT2D eigenvalue weighted by Gasteiger charge is -2.37. The first kappa shape index (κ1) is 14.7. The summed E-state index contributed by atoms with van der Waals surface area (Å²) in [4.78, 5) is 5.10. The van der Waals surface area contributed by atoms with Gasteiger partial charge in [0, 0.05) is 38.4 Å². The van der Waals surface area contributed by atoms with Gasteiger partial charge in [-0.3, -0.25) is 4.90 Å². The van der Waals surface area contributed by atoms with Crippen molar-refractivity contribution in [1.82, 2.24) is 4.90 Å². The molecule has 1 aromatic carbocycles. The van der Waals surface area contributed by atoms with Gasteiger partial charge in [0.15, 0.2) is 0 Å². The Bertz CT molecular complexity index is 347. The first-order valence-corrected chi connectivity index (χ1v) is 8.10. The van der Waals surface area contributed by atoms with Crippen molar-refractivity contribution in [2.45, 2.75) is 19.8 Å². The number of piperazine rings is 1. The molecule has 1 fully saturated rings. The van der Waals surface area contributed by atoms with E-state index in [2.05, 4.69) is 59.7 Å². The molecule has 0 spiro atoms. The second-order valence-electron chi connectivity index (χ2n) is 5.46. The fraction of sp³-hybridized carbons (Fsp3) is 0.625. The number of anilines is 1. The lowest BCUT2D eigenvalue weighted by Crippen LogP contribution is -2.48. The summed E-state index contributed by atoms with van der Waals surface area (Å²) in [6.45, 7) is 8.15. The zero-order valence-corrected chi connectivity index (χ0v) is 12.9. The summed E-state index contributed by atoms with van der Waals surface area (Å²) in [6, 6.07) is 10.8. The fourth-order valence-electron chi connectivity index (χ4n) is 2.84. The van der Waals surface area contributed by atoms with Crippen molar-refractivity contribution < 1.29 is 0 Å². The number of nitrogens with zero attached hydrogens (tertiary/aromatic N) is 2. The molecule has 1 aromatic rings. The third kappa shape index (κ3) is 4.43. The fourth-order valence-corrected chi connectivity index (χ4v) is 3.14. The summed E-state index contributed by atoms with van der Waals surface area (Å²) >= 11 is 4.49. The molecule has 2 rings (SSSR count). The molecule has 0 aliphatic carbocycles. The Balaban J connectivity index is 1.79. The van der Waals surface area contributed by atoms with Crippen molar-refractivity contribution in [3.8, 4) is 0 Å². The molecule has 0 radical (unpaired) electrons. The van der Waals surface area contributed by atoms with Gasteiger partial charge in [-0.1, -0.05) is 31.5 Å². The van der Waals surface area contributed by atoms with Gasteiger partial charge in [-0.2, -0.15) is 12.6 Å². The van der Waals surface area contributed by atoms with E-state index in [0.717, 1.165) is 24.8 Å². The maximum absolute atomic E-state index is 4.49. The third-order valence-corrected chi connectivity index (χ3v) is 4.48. The van der Waals surface area contributed by atoms with Crippen LogP contribution in [0, 0.1) is 5.92 Å². The average molecular weight is 278 g/mol. The molecule has 1 aliphatic rings. The van der Waals surface area contributed by atoms with Crippen LogP contribution in [0.25, 0.3) is 0 Å². The molecule has 0 bridgehead atoms. The second kappa shape index (κ2) is 7.81. The summed E-state index contributed by atoms with van der Waals surface area (Å²) in [6.07, 6.45) is 2.58. The topological polar surface area (TPSA) is 6.48 Å². The van der Waals surface area contributed by atoms with E-state index in [1.54, 1.807) is 0 Å². The molecule has 106 valence electrons. The SMILES string of the molecule is CCCC(CS)CN1CCN(c2ccccc2)CC1.